The van der Waals surface area contributed by atoms with Crippen molar-refractivity contribution in [2.24, 2.45) is 15.9 Å². The molecule has 1 saturated heterocycles. The van der Waals surface area contributed by atoms with E-state index in [0.29, 0.717) is 5.56 Å². The number of phenols is 2. The number of carboxylic acid groups (broad SMARTS) is 1. The molecule has 0 radical (unpaired) electrons. The molecule has 0 saturated carbocycles. The second-order valence-electron chi connectivity index (χ2n) is 6.16. The molecule has 0 aromatic heterocycles. The van der Waals surface area contributed by atoms with Gasteiger partial charge in [0.25, 0.3) is 0 Å². The molecule has 1 heterocycles. The Labute approximate surface area is 174 Å². The lowest BCUT2D eigenvalue weighted by atomic mass is 10.2. The number of hydrogen-bond acceptors (Lipinski definition) is 8. The highest BCUT2D eigenvalue weighted by Crippen LogP contribution is 2.30. The molecule has 5 N–H and O–H groups in total. The highest BCUT2D eigenvalue weighted by molar-refractivity contribution is 8.14. The number of nitrogens with two attached hydrogens (primary N) is 1. The maximum absolute atomic E-state index is 12.6. The molecular formula is C19H16N4O6S. The van der Waals surface area contributed by atoms with E-state index >= 15 is 0 Å². The van der Waals surface area contributed by atoms with Gasteiger partial charge in [-0.15, -0.1) is 5.10 Å². The summed E-state index contributed by atoms with van der Waals surface area (Å²) in [6, 6.07) is 9.48. The molecule has 1 fully saturated rings. The van der Waals surface area contributed by atoms with Crippen LogP contribution in [0.3, 0.4) is 0 Å². The van der Waals surface area contributed by atoms with Crippen LogP contribution in [0.5, 0.6) is 11.5 Å². The van der Waals surface area contributed by atoms with Crippen LogP contribution in [0.2, 0.25) is 0 Å². The monoisotopic (exact) mass is 428 g/mol. The molecule has 2 aromatic rings. The number of aromatic hydroxyl groups is 2. The van der Waals surface area contributed by atoms with Crippen molar-refractivity contribution in [3.8, 4) is 11.5 Å². The van der Waals surface area contributed by atoms with Gasteiger partial charge in [-0.3, -0.25) is 9.59 Å². The zero-order chi connectivity index (χ0) is 21.8. The van der Waals surface area contributed by atoms with Crippen molar-refractivity contribution in [2.75, 3.05) is 4.90 Å². The molecule has 2 amide bonds. The lowest BCUT2D eigenvalue weighted by molar-refractivity contribution is -0.121. The highest BCUT2D eigenvalue weighted by atomic mass is 32.2. The summed E-state index contributed by atoms with van der Waals surface area (Å²) in [5.74, 6) is -2.61. The summed E-state index contributed by atoms with van der Waals surface area (Å²) < 4.78 is 0. The first-order valence-corrected chi connectivity index (χ1v) is 9.39. The first kappa shape index (κ1) is 20.9. The molecule has 3 rings (SSSR count). The van der Waals surface area contributed by atoms with Crippen LogP contribution in [-0.2, 0) is 9.59 Å². The molecule has 11 heteroatoms. The van der Waals surface area contributed by atoms with Crippen LogP contribution in [0.1, 0.15) is 22.3 Å². The molecular weight excluding hydrogens is 412 g/mol. The number of anilines is 1. The number of carbonyl (C=O) groups excluding carboxylic acids is 2. The number of phenolic OH excluding ortho intramolecular Hbond substituents is 2. The maximum Gasteiger partial charge on any atom is 0.335 e. The average molecular weight is 428 g/mol. The van der Waals surface area contributed by atoms with Gasteiger partial charge in [-0.2, -0.15) is 5.10 Å². The molecule has 30 heavy (non-hydrogen) atoms. The van der Waals surface area contributed by atoms with Crippen molar-refractivity contribution in [3.63, 3.8) is 0 Å². The number of imide groups is 1. The predicted molar refractivity (Wildman–Crippen MR) is 111 cm³/mol. The topological polar surface area (TPSA) is 166 Å². The van der Waals surface area contributed by atoms with Crippen LogP contribution in [0.4, 0.5) is 5.69 Å². The van der Waals surface area contributed by atoms with Gasteiger partial charge < -0.3 is 21.1 Å². The van der Waals surface area contributed by atoms with Crippen molar-refractivity contribution < 1.29 is 29.7 Å². The second kappa shape index (κ2) is 8.66. The quantitative estimate of drug-likeness (QED) is 0.183. The molecule has 0 bridgehead atoms. The van der Waals surface area contributed by atoms with Crippen molar-refractivity contribution in [3.05, 3.63) is 53.6 Å². The fourth-order valence-corrected chi connectivity index (χ4v) is 3.48. The number of rotatable bonds is 5. The van der Waals surface area contributed by atoms with Crippen molar-refractivity contribution in [1.82, 2.24) is 0 Å². The average Bonchev–Trinajstić information content (AvgIpc) is 2.97. The fraction of sp³-hybridized carbons (Fsp3) is 0.105. The van der Waals surface area contributed by atoms with E-state index in [-0.39, 0.29) is 34.3 Å². The molecule has 0 aliphatic carbocycles. The molecule has 0 unspecified atom stereocenters. The largest absolute Gasteiger partial charge is 0.504 e. The Morgan fingerprint density at radius 2 is 1.83 bits per heavy atom. The summed E-state index contributed by atoms with van der Waals surface area (Å²) in [4.78, 5) is 36.8. The first-order chi connectivity index (χ1) is 14.3. The van der Waals surface area contributed by atoms with Crippen LogP contribution in [0, 0.1) is 0 Å². The van der Waals surface area contributed by atoms with Crippen LogP contribution >= 0.6 is 11.8 Å². The van der Waals surface area contributed by atoms with E-state index in [1.165, 1.54) is 48.7 Å². The minimum absolute atomic E-state index is 0.0384. The fourth-order valence-electron chi connectivity index (χ4n) is 2.66. The van der Waals surface area contributed by atoms with Crippen molar-refractivity contribution in [2.45, 2.75) is 11.7 Å². The van der Waals surface area contributed by atoms with Crippen LogP contribution in [0.25, 0.3) is 0 Å². The van der Waals surface area contributed by atoms with E-state index in [2.05, 4.69) is 10.2 Å². The van der Waals surface area contributed by atoms with E-state index in [1.54, 1.807) is 0 Å². The third kappa shape index (κ3) is 4.58. The first-order valence-electron chi connectivity index (χ1n) is 8.51. The van der Waals surface area contributed by atoms with Gasteiger partial charge >= 0.3 is 5.97 Å². The Kier molecular flexibility index (Phi) is 6.02. The third-order valence-corrected chi connectivity index (χ3v) is 5.08. The molecule has 1 atom stereocenters. The minimum Gasteiger partial charge on any atom is -0.504 e. The van der Waals surface area contributed by atoms with E-state index in [4.69, 9.17) is 10.8 Å². The normalized spacial score (nSPS) is 17.1. The Balaban J connectivity index is 1.66. The van der Waals surface area contributed by atoms with Crippen molar-refractivity contribution >= 4 is 46.6 Å². The number of hydrogen-bond donors (Lipinski definition) is 4. The molecule has 2 aromatic carbocycles. The summed E-state index contributed by atoms with van der Waals surface area (Å²) in [6.45, 7) is 0. The minimum atomic E-state index is -1.11. The van der Waals surface area contributed by atoms with Crippen LogP contribution < -0.4 is 10.6 Å². The molecule has 10 nitrogen and oxygen atoms in total. The van der Waals surface area contributed by atoms with Crippen LogP contribution in [-0.4, -0.2) is 49.7 Å². The third-order valence-electron chi connectivity index (χ3n) is 4.10. The van der Waals surface area contributed by atoms with Gasteiger partial charge in [0.15, 0.2) is 16.7 Å². The van der Waals surface area contributed by atoms with Gasteiger partial charge in [-0.05, 0) is 48.0 Å². The number of aromatic carboxylic acids is 1. The summed E-state index contributed by atoms with van der Waals surface area (Å²) in [5.41, 5.74) is 6.56. The van der Waals surface area contributed by atoms with Gasteiger partial charge in [-0.25, -0.2) is 9.69 Å². The molecule has 1 aliphatic rings. The Hall–Kier alpha value is -3.86. The summed E-state index contributed by atoms with van der Waals surface area (Å²) in [6.07, 6.45) is 1.21. The van der Waals surface area contributed by atoms with E-state index in [1.807, 2.05) is 0 Å². The number of nitrogens with zero attached hydrogens (tertiary/aromatic N) is 3. The van der Waals surface area contributed by atoms with Gasteiger partial charge in [-0.1, -0.05) is 11.8 Å². The summed E-state index contributed by atoms with van der Waals surface area (Å²) in [5, 5.41) is 34.3. The standard InChI is InChI=1S/C19H16N4O6S/c20-19(22-21-9-10-1-6-13(24)14(25)7-10)30-15-8-16(26)23(17(15)27)12-4-2-11(3-5-12)18(28)29/h1-7,9,15,24-25H,8H2,(H2,20,22)(H,28,29)/b21-9-/t15-/m1/s1. The van der Waals surface area contributed by atoms with Gasteiger partial charge in [0.1, 0.15) is 5.25 Å². The smallest absolute Gasteiger partial charge is 0.335 e. The number of carbonyl (C=O) groups is 3. The number of benzene rings is 2. The highest BCUT2D eigenvalue weighted by Gasteiger charge is 2.40. The number of thioether (sulfide) groups is 1. The molecule has 1 aliphatic heterocycles. The van der Waals surface area contributed by atoms with Crippen molar-refractivity contribution in [1.29, 1.82) is 0 Å². The summed E-state index contributed by atoms with van der Waals surface area (Å²) >= 11 is 0.885. The lowest BCUT2D eigenvalue weighted by Gasteiger charge is -2.14. The maximum atomic E-state index is 12.6. The zero-order valence-corrected chi connectivity index (χ0v) is 16.1. The van der Waals surface area contributed by atoms with E-state index in [0.717, 1.165) is 16.7 Å². The van der Waals surface area contributed by atoms with Crippen LogP contribution in [0.15, 0.2) is 52.7 Å². The Morgan fingerprint density at radius 3 is 2.47 bits per heavy atom. The lowest BCUT2D eigenvalue weighted by Crippen LogP contribution is -2.31. The zero-order valence-electron chi connectivity index (χ0n) is 15.3. The van der Waals surface area contributed by atoms with E-state index in [9.17, 15) is 24.6 Å². The second-order valence-corrected chi connectivity index (χ2v) is 7.38. The number of carboxylic acids is 1. The van der Waals surface area contributed by atoms with E-state index < -0.39 is 23.0 Å². The number of amides is 2. The molecule has 0 spiro atoms. The molecule has 154 valence electrons. The van der Waals surface area contributed by atoms with Gasteiger partial charge in [0.05, 0.1) is 17.5 Å². The number of amidine groups is 1. The Morgan fingerprint density at radius 1 is 1.13 bits per heavy atom. The SMILES string of the molecule is N/C(=N\N=C/c1ccc(O)c(O)c1)S[C@@H]1CC(=O)N(c2ccc(C(=O)O)cc2)C1=O. The predicted octanol–water partition coefficient (Wildman–Crippen LogP) is 1.51. The van der Waals surface area contributed by atoms with Gasteiger partial charge in [0, 0.05) is 6.42 Å². The van der Waals surface area contributed by atoms with Gasteiger partial charge in [0.2, 0.25) is 11.8 Å². The Bertz CT molecular complexity index is 1070. The summed E-state index contributed by atoms with van der Waals surface area (Å²) in [7, 11) is 0.